The molecule has 2 unspecified atom stereocenters. The van der Waals surface area contributed by atoms with Crippen molar-refractivity contribution in [3.8, 4) is 5.75 Å². The Morgan fingerprint density at radius 2 is 2.22 bits per heavy atom. The Morgan fingerprint density at radius 1 is 1.39 bits per heavy atom. The SMILES string of the molecule is COc1cccc(C(N)CS(=O)c2cccs2)c1. The number of methoxy groups -OCH3 is 1. The van der Waals surface area contributed by atoms with E-state index in [0.29, 0.717) is 5.75 Å². The number of thiophene rings is 1. The van der Waals surface area contributed by atoms with Gasteiger partial charge >= 0.3 is 0 Å². The molecular weight excluding hydrogens is 266 g/mol. The number of ether oxygens (including phenoxy) is 1. The molecule has 0 aliphatic carbocycles. The third-order valence-corrected chi connectivity index (χ3v) is 5.33. The van der Waals surface area contributed by atoms with Crippen LogP contribution >= 0.6 is 11.3 Å². The van der Waals surface area contributed by atoms with Gasteiger partial charge in [0.05, 0.1) is 22.1 Å². The van der Waals surface area contributed by atoms with Crippen LogP contribution in [0.4, 0.5) is 0 Å². The van der Waals surface area contributed by atoms with Crippen LogP contribution < -0.4 is 10.5 Å². The van der Waals surface area contributed by atoms with Crippen molar-refractivity contribution >= 4 is 22.1 Å². The summed E-state index contributed by atoms with van der Waals surface area (Å²) in [6.45, 7) is 0. The summed E-state index contributed by atoms with van der Waals surface area (Å²) in [6, 6.07) is 11.1. The van der Waals surface area contributed by atoms with E-state index in [1.165, 1.54) is 11.3 Å². The number of rotatable bonds is 5. The van der Waals surface area contributed by atoms with E-state index in [0.717, 1.165) is 15.5 Å². The molecule has 1 heterocycles. The predicted octanol–water partition coefficient (Wildman–Crippen LogP) is 2.56. The van der Waals surface area contributed by atoms with E-state index >= 15 is 0 Å². The lowest BCUT2D eigenvalue weighted by molar-refractivity contribution is 0.414. The standard InChI is InChI=1S/C13H15NO2S2/c1-16-11-5-2-4-10(8-11)12(14)9-18(15)13-6-3-7-17-13/h2-8,12H,9,14H2,1H3. The summed E-state index contributed by atoms with van der Waals surface area (Å²) < 4.78 is 18.1. The molecule has 3 nitrogen and oxygen atoms in total. The molecular formula is C13H15NO2S2. The molecule has 96 valence electrons. The van der Waals surface area contributed by atoms with Crippen molar-refractivity contribution < 1.29 is 8.95 Å². The minimum Gasteiger partial charge on any atom is -0.497 e. The molecule has 5 heteroatoms. The van der Waals surface area contributed by atoms with Crippen molar-refractivity contribution in [1.82, 2.24) is 0 Å². The Hall–Kier alpha value is -1.17. The lowest BCUT2D eigenvalue weighted by Gasteiger charge is -2.12. The van der Waals surface area contributed by atoms with E-state index in [1.54, 1.807) is 7.11 Å². The van der Waals surface area contributed by atoms with E-state index < -0.39 is 10.8 Å². The second kappa shape index (κ2) is 6.13. The zero-order chi connectivity index (χ0) is 13.0. The highest BCUT2D eigenvalue weighted by Gasteiger charge is 2.13. The van der Waals surface area contributed by atoms with E-state index in [4.69, 9.17) is 10.5 Å². The van der Waals surface area contributed by atoms with Crippen molar-refractivity contribution in [1.29, 1.82) is 0 Å². The minimum absolute atomic E-state index is 0.247. The number of hydrogen-bond acceptors (Lipinski definition) is 4. The third kappa shape index (κ3) is 3.19. The van der Waals surface area contributed by atoms with Crippen LogP contribution in [0.2, 0.25) is 0 Å². The van der Waals surface area contributed by atoms with Gasteiger partial charge in [0.25, 0.3) is 0 Å². The zero-order valence-corrected chi connectivity index (χ0v) is 11.7. The summed E-state index contributed by atoms with van der Waals surface area (Å²) >= 11 is 1.50. The minimum atomic E-state index is -1.04. The first kappa shape index (κ1) is 13.3. The maximum Gasteiger partial charge on any atom is 0.119 e. The first-order valence-corrected chi connectivity index (χ1v) is 7.72. The molecule has 2 N–H and O–H groups in total. The summed E-state index contributed by atoms with van der Waals surface area (Å²) in [5.41, 5.74) is 7.03. The van der Waals surface area contributed by atoms with Crippen molar-refractivity contribution in [2.24, 2.45) is 5.73 Å². The van der Waals surface area contributed by atoms with Crippen molar-refractivity contribution in [3.63, 3.8) is 0 Å². The Labute approximate surface area is 113 Å². The molecule has 1 aromatic heterocycles. The topological polar surface area (TPSA) is 52.3 Å². The van der Waals surface area contributed by atoms with Gasteiger partial charge in [-0.25, -0.2) is 0 Å². The summed E-state index contributed by atoms with van der Waals surface area (Å²) in [5.74, 6) is 1.19. The highest BCUT2D eigenvalue weighted by atomic mass is 32.2. The third-order valence-electron chi connectivity index (χ3n) is 2.57. The van der Waals surface area contributed by atoms with Gasteiger partial charge < -0.3 is 10.5 Å². The van der Waals surface area contributed by atoms with Crippen molar-refractivity contribution in [3.05, 3.63) is 47.3 Å². The summed E-state index contributed by atoms with van der Waals surface area (Å²) in [4.78, 5) is 0. The molecule has 2 rings (SSSR count). The second-order valence-electron chi connectivity index (χ2n) is 3.83. The smallest absolute Gasteiger partial charge is 0.119 e. The largest absolute Gasteiger partial charge is 0.497 e. The van der Waals surface area contributed by atoms with E-state index in [9.17, 15) is 4.21 Å². The fraction of sp³-hybridized carbons (Fsp3) is 0.231. The Morgan fingerprint density at radius 3 is 2.89 bits per heavy atom. The number of hydrogen-bond donors (Lipinski definition) is 1. The lowest BCUT2D eigenvalue weighted by Crippen LogP contribution is -2.18. The van der Waals surface area contributed by atoms with Gasteiger partial charge in [-0.05, 0) is 29.1 Å². The maximum absolute atomic E-state index is 12.1. The normalized spacial score (nSPS) is 14.1. The molecule has 0 spiro atoms. The summed E-state index contributed by atoms with van der Waals surface area (Å²) in [6.07, 6.45) is 0. The van der Waals surface area contributed by atoms with Crippen molar-refractivity contribution in [2.45, 2.75) is 10.3 Å². The van der Waals surface area contributed by atoms with Crippen LogP contribution in [-0.4, -0.2) is 17.1 Å². The fourth-order valence-corrected chi connectivity index (χ4v) is 3.77. The van der Waals surface area contributed by atoms with Crippen LogP contribution in [0.25, 0.3) is 0 Å². The van der Waals surface area contributed by atoms with Gasteiger partial charge in [0, 0.05) is 11.8 Å². The molecule has 0 bridgehead atoms. The summed E-state index contributed by atoms with van der Waals surface area (Å²) in [5, 5.41) is 1.92. The predicted molar refractivity (Wildman–Crippen MR) is 75.5 cm³/mol. The maximum atomic E-state index is 12.1. The monoisotopic (exact) mass is 281 g/mol. The first-order chi connectivity index (χ1) is 8.70. The van der Waals surface area contributed by atoms with Gasteiger partial charge in [0.15, 0.2) is 0 Å². The van der Waals surface area contributed by atoms with Crippen LogP contribution in [0, 0.1) is 0 Å². The molecule has 18 heavy (non-hydrogen) atoms. The number of nitrogens with two attached hydrogens (primary N) is 1. The average Bonchev–Trinajstić information content (AvgIpc) is 2.92. The highest BCUT2D eigenvalue weighted by molar-refractivity contribution is 7.87. The van der Waals surface area contributed by atoms with Crippen LogP contribution in [0.5, 0.6) is 5.75 Å². The molecule has 0 saturated heterocycles. The molecule has 0 aliphatic rings. The van der Waals surface area contributed by atoms with Gasteiger partial charge in [-0.1, -0.05) is 18.2 Å². The van der Waals surface area contributed by atoms with E-state index in [-0.39, 0.29) is 6.04 Å². The number of benzene rings is 1. The Balaban J connectivity index is 2.07. The lowest BCUT2D eigenvalue weighted by atomic mass is 10.1. The van der Waals surface area contributed by atoms with E-state index in [1.807, 2.05) is 41.8 Å². The van der Waals surface area contributed by atoms with Gasteiger partial charge in [0.1, 0.15) is 5.75 Å². The average molecular weight is 281 g/mol. The van der Waals surface area contributed by atoms with Gasteiger partial charge in [0.2, 0.25) is 0 Å². The Bertz CT molecular complexity index is 526. The molecule has 0 fully saturated rings. The second-order valence-corrected chi connectivity index (χ2v) is 6.50. The van der Waals surface area contributed by atoms with Crippen LogP contribution in [0.3, 0.4) is 0 Å². The molecule has 1 aromatic carbocycles. The highest BCUT2D eigenvalue weighted by Crippen LogP contribution is 2.21. The fourth-order valence-electron chi connectivity index (χ4n) is 1.61. The van der Waals surface area contributed by atoms with Crippen LogP contribution in [0.1, 0.15) is 11.6 Å². The molecule has 0 amide bonds. The van der Waals surface area contributed by atoms with Crippen LogP contribution in [-0.2, 0) is 10.8 Å². The first-order valence-electron chi connectivity index (χ1n) is 5.52. The van der Waals surface area contributed by atoms with Gasteiger partial charge in [-0.2, -0.15) is 0 Å². The molecule has 2 atom stereocenters. The zero-order valence-electron chi connectivity index (χ0n) is 10.0. The van der Waals surface area contributed by atoms with Gasteiger partial charge in [-0.3, -0.25) is 4.21 Å². The quantitative estimate of drug-likeness (QED) is 0.916. The molecule has 2 aromatic rings. The summed E-state index contributed by atoms with van der Waals surface area (Å²) in [7, 11) is 0.581. The van der Waals surface area contributed by atoms with Crippen molar-refractivity contribution in [2.75, 3.05) is 12.9 Å². The van der Waals surface area contributed by atoms with Gasteiger partial charge in [-0.15, -0.1) is 11.3 Å². The molecule has 0 saturated carbocycles. The Kier molecular flexibility index (Phi) is 4.52. The molecule has 0 radical (unpaired) electrons. The molecule has 0 aliphatic heterocycles. The van der Waals surface area contributed by atoms with E-state index in [2.05, 4.69) is 0 Å². The van der Waals surface area contributed by atoms with Crippen LogP contribution in [0.15, 0.2) is 46.0 Å².